The summed E-state index contributed by atoms with van der Waals surface area (Å²) < 4.78 is 26.2. The highest BCUT2D eigenvalue weighted by atomic mass is 19.1. The molecule has 3 heteroatoms. The molecule has 1 aliphatic carbocycles. The highest BCUT2D eigenvalue weighted by molar-refractivity contribution is 6.05. The molecule has 1 aliphatic rings. The van der Waals surface area contributed by atoms with E-state index in [0.717, 1.165) is 29.7 Å². The predicted octanol–water partition coefficient (Wildman–Crippen LogP) is 4.03. The average Bonchev–Trinajstić information content (AvgIpc) is 2.72. The summed E-state index contributed by atoms with van der Waals surface area (Å²) in [5.74, 6) is -0.519. The lowest BCUT2D eigenvalue weighted by Gasteiger charge is -2.01. The molecule has 0 unspecified atom stereocenters. The number of hydrogen-bond donors (Lipinski definition) is 0. The molecule has 0 saturated carbocycles. The number of fused-ring (bicyclic) bond motifs is 1. The molecule has 3 rings (SSSR count). The minimum atomic E-state index is -0.297. The molecule has 2 aromatic carbocycles. The Hall–Kier alpha value is -2.03. The Kier molecular flexibility index (Phi) is 2.67. The molecule has 0 aliphatic heterocycles. The molecule has 2 aromatic rings. The van der Waals surface area contributed by atoms with Crippen molar-refractivity contribution < 1.29 is 8.78 Å². The van der Waals surface area contributed by atoms with Gasteiger partial charge in [0.25, 0.3) is 0 Å². The second-order valence-electron chi connectivity index (χ2n) is 4.34. The predicted molar refractivity (Wildman–Crippen MR) is 67.3 cm³/mol. The molecule has 0 fully saturated rings. The largest absolute Gasteiger partial charge is 0.253 e. The van der Waals surface area contributed by atoms with Crippen LogP contribution in [0.2, 0.25) is 0 Å². The maximum Gasteiger partial charge on any atom is 0.125 e. The van der Waals surface area contributed by atoms with Crippen LogP contribution in [0.5, 0.6) is 0 Å². The summed E-state index contributed by atoms with van der Waals surface area (Å²) in [6.45, 7) is 0. The smallest absolute Gasteiger partial charge is 0.125 e. The molecule has 0 aromatic heterocycles. The summed E-state index contributed by atoms with van der Waals surface area (Å²) >= 11 is 0. The van der Waals surface area contributed by atoms with Crippen molar-refractivity contribution in [3.8, 4) is 0 Å². The fourth-order valence-corrected chi connectivity index (χ4v) is 2.26. The highest BCUT2D eigenvalue weighted by Gasteiger charge is 2.18. The van der Waals surface area contributed by atoms with E-state index in [4.69, 9.17) is 0 Å². The van der Waals surface area contributed by atoms with Gasteiger partial charge in [0.2, 0.25) is 0 Å². The maximum atomic E-state index is 13.1. The van der Waals surface area contributed by atoms with Crippen LogP contribution in [0.1, 0.15) is 17.5 Å². The van der Waals surface area contributed by atoms with Crippen LogP contribution < -0.4 is 0 Å². The molecule has 18 heavy (non-hydrogen) atoms. The second kappa shape index (κ2) is 4.33. The SMILES string of the molecule is Fc1cccc(N=C2CCc3cc(F)ccc32)c1. The van der Waals surface area contributed by atoms with Crippen LogP contribution in [0.4, 0.5) is 14.5 Å². The van der Waals surface area contributed by atoms with Crippen molar-refractivity contribution in [2.45, 2.75) is 12.8 Å². The quantitative estimate of drug-likeness (QED) is 0.717. The zero-order chi connectivity index (χ0) is 12.5. The van der Waals surface area contributed by atoms with Crippen LogP contribution in [-0.2, 0) is 6.42 Å². The molecule has 0 saturated heterocycles. The molecule has 0 atom stereocenters. The molecule has 0 amide bonds. The van der Waals surface area contributed by atoms with Crippen LogP contribution in [0.3, 0.4) is 0 Å². The van der Waals surface area contributed by atoms with Crippen LogP contribution in [-0.4, -0.2) is 5.71 Å². The monoisotopic (exact) mass is 243 g/mol. The first kappa shape index (κ1) is 11.1. The fraction of sp³-hybridized carbons (Fsp3) is 0.133. The Morgan fingerprint density at radius 1 is 0.889 bits per heavy atom. The maximum absolute atomic E-state index is 13.1. The normalized spacial score (nSPS) is 16.0. The Bertz CT molecular complexity index is 632. The first-order valence-electron chi connectivity index (χ1n) is 5.84. The third kappa shape index (κ3) is 2.04. The molecule has 0 bridgehead atoms. The highest BCUT2D eigenvalue weighted by Crippen LogP contribution is 2.26. The zero-order valence-corrected chi connectivity index (χ0v) is 9.66. The van der Waals surface area contributed by atoms with Crippen molar-refractivity contribution in [1.82, 2.24) is 0 Å². The van der Waals surface area contributed by atoms with E-state index in [2.05, 4.69) is 4.99 Å². The third-order valence-electron chi connectivity index (χ3n) is 3.08. The van der Waals surface area contributed by atoms with E-state index in [-0.39, 0.29) is 11.6 Å². The summed E-state index contributed by atoms with van der Waals surface area (Å²) in [6, 6.07) is 10.9. The molecular weight excluding hydrogens is 232 g/mol. The number of aliphatic imine (C=N–C) groups is 1. The van der Waals surface area contributed by atoms with Crippen molar-refractivity contribution in [2.75, 3.05) is 0 Å². The first-order chi connectivity index (χ1) is 8.72. The summed E-state index contributed by atoms with van der Waals surface area (Å²) in [5.41, 5.74) is 3.45. The van der Waals surface area contributed by atoms with Gasteiger partial charge in [-0.2, -0.15) is 0 Å². The molecule has 1 nitrogen and oxygen atoms in total. The minimum Gasteiger partial charge on any atom is -0.253 e. The summed E-state index contributed by atoms with van der Waals surface area (Å²) in [7, 11) is 0. The summed E-state index contributed by atoms with van der Waals surface area (Å²) in [4.78, 5) is 4.44. The topological polar surface area (TPSA) is 12.4 Å². The third-order valence-corrected chi connectivity index (χ3v) is 3.08. The van der Waals surface area contributed by atoms with Crippen LogP contribution in [0, 0.1) is 11.6 Å². The number of hydrogen-bond acceptors (Lipinski definition) is 1. The van der Waals surface area contributed by atoms with Gasteiger partial charge in [-0.1, -0.05) is 6.07 Å². The lowest BCUT2D eigenvalue weighted by atomic mass is 10.1. The van der Waals surface area contributed by atoms with Gasteiger partial charge in [0.1, 0.15) is 11.6 Å². The first-order valence-corrected chi connectivity index (χ1v) is 5.84. The average molecular weight is 243 g/mol. The van der Waals surface area contributed by atoms with E-state index in [9.17, 15) is 8.78 Å². The van der Waals surface area contributed by atoms with Gasteiger partial charge in [-0.15, -0.1) is 0 Å². The molecule has 0 N–H and O–H groups in total. The molecule has 90 valence electrons. The van der Waals surface area contributed by atoms with E-state index in [1.807, 2.05) is 0 Å². The number of benzene rings is 2. The zero-order valence-electron chi connectivity index (χ0n) is 9.66. The minimum absolute atomic E-state index is 0.222. The number of halogens is 2. The Morgan fingerprint density at radius 3 is 2.56 bits per heavy atom. The van der Waals surface area contributed by atoms with E-state index < -0.39 is 0 Å². The van der Waals surface area contributed by atoms with E-state index >= 15 is 0 Å². The van der Waals surface area contributed by atoms with E-state index in [0.29, 0.717) is 5.69 Å². The molecule has 0 radical (unpaired) electrons. The Labute approximate surface area is 104 Å². The summed E-state index contributed by atoms with van der Waals surface area (Å²) in [6.07, 6.45) is 1.57. The van der Waals surface area contributed by atoms with Gasteiger partial charge in [-0.05, 0) is 60.4 Å². The van der Waals surface area contributed by atoms with Crippen LogP contribution in [0.25, 0.3) is 0 Å². The van der Waals surface area contributed by atoms with Crippen LogP contribution >= 0.6 is 0 Å². The van der Waals surface area contributed by atoms with Crippen molar-refractivity contribution in [2.24, 2.45) is 4.99 Å². The van der Waals surface area contributed by atoms with Crippen LogP contribution in [0.15, 0.2) is 47.5 Å². The van der Waals surface area contributed by atoms with Gasteiger partial charge in [-0.25, -0.2) is 8.78 Å². The lowest BCUT2D eigenvalue weighted by Crippen LogP contribution is -1.94. The molecular formula is C15H11F2N. The van der Waals surface area contributed by atoms with E-state index in [1.165, 1.54) is 18.2 Å². The number of rotatable bonds is 1. The number of aryl methyl sites for hydroxylation is 1. The van der Waals surface area contributed by atoms with Gasteiger partial charge in [-0.3, -0.25) is 4.99 Å². The Balaban J connectivity index is 2.01. The van der Waals surface area contributed by atoms with Crippen molar-refractivity contribution >= 4 is 11.4 Å². The van der Waals surface area contributed by atoms with Crippen molar-refractivity contribution in [1.29, 1.82) is 0 Å². The van der Waals surface area contributed by atoms with Gasteiger partial charge < -0.3 is 0 Å². The van der Waals surface area contributed by atoms with Gasteiger partial charge >= 0.3 is 0 Å². The lowest BCUT2D eigenvalue weighted by molar-refractivity contribution is 0.626. The Morgan fingerprint density at radius 2 is 1.72 bits per heavy atom. The van der Waals surface area contributed by atoms with E-state index in [1.54, 1.807) is 24.3 Å². The summed E-state index contributed by atoms with van der Waals surface area (Å²) in [5, 5.41) is 0. The van der Waals surface area contributed by atoms with Gasteiger partial charge in [0, 0.05) is 5.71 Å². The molecule has 0 heterocycles. The molecule has 0 spiro atoms. The standard InChI is InChI=1S/C15H11F2N/c16-11-2-1-3-13(9-11)18-15-7-4-10-8-12(17)5-6-14(10)15/h1-3,5-6,8-9H,4,7H2. The fourth-order valence-electron chi connectivity index (χ4n) is 2.26. The van der Waals surface area contributed by atoms with Crippen molar-refractivity contribution in [3.05, 3.63) is 65.2 Å². The number of nitrogens with zero attached hydrogens (tertiary/aromatic N) is 1. The second-order valence-corrected chi connectivity index (χ2v) is 4.34. The van der Waals surface area contributed by atoms with Gasteiger partial charge in [0.15, 0.2) is 0 Å². The van der Waals surface area contributed by atoms with Crippen molar-refractivity contribution in [3.63, 3.8) is 0 Å². The van der Waals surface area contributed by atoms with Gasteiger partial charge in [0.05, 0.1) is 5.69 Å².